The molecule has 0 bridgehead atoms. The Bertz CT molecular complexity index is 1280. The number of halogens is 1. The summed E-state index contributed by atoms with van der Waals surface area (Å²) >= 11 is 0. The topological polar surface area (TPSA) is 55.4 Å². The molecule has 5 nitrogen and oxygen atoms in total. The number of H-pyrrole nitrogens is 1. The van der Waals surface area contributed by atoms with E-state index in [0.717, 1.165) is 71.5 Å². The molecule has 34 heavy (non-hydrogen) atoms. The lowest BCUT2D eigenvalue weighted by atomic mass is 9.99. The zero-order chi connectivity index (χ0) is 23.7. The van der Waals surface area contributed by atoms with Gasteiger partial charge >= 0.3 is 0 Å². The number of aliphatic hydroxyl groups is 1. The maximum absolute atomic E-state index is 14.1. The Balaban J connectivity index is 1.48. The van der Waals surface area contributed by atoms with Crippen LogP contribution in [-0.4, -0.2) is 58.2 Å². The van der Waals surface area contributed by atoms with Crippen molar-refractivity contribution in [3.63, 3.8) is 0 Å². The maximum Gasteiger partial charge on any atom is 0.138 e. The summed E-state index contributed by atoms with van der Waals surface area (Å²) in [6, 6.07) is 17.5. The highest BCUT2D eigenvalue weighted by Gasteiger charge is 2.18. The fourth-order valence-electron chi connectivity index (χ4n) is 4.92. The van der Waals surface area contributed by atoms with Gasteiger partial charge in [-0.25, -0.2) is 9.37 Å². The number of piperidine rings is 1. The fourth-order valence-corrected chi connectivity index (χ4v) is 4.92. The van der Waals surface area contributed by atoms with Crippen molar-refractivity contribution in [2.24, 2.45) is 0 Å². The molecule has 1 atom stereocenters. The molecule has 0 radical (unpaired) electrons. The van der Waals surface area contributed by atoms with Crippen molar-refractivity contribution in [3.05, 3.63) is 77.9 Å². The number of aromatic nitrogens is 2. The van der Waals surface area contributed by atoms with Crippen molar-refractivity contribution in [2.45, 2.75) is 32.0 Å². The standard InChI is InChI=1S/C28H31FN4O/c1-32(2)18-26-27(21-5-3-6-23(29)13-21)25-14-22(15-30-28(25)31-26)20-10-8-19(9-11-20)16-33-12-4-7-24(34)17-33/h3,5-6,8-11,13-15,24,34H,4,7,12,16-18H2,1-2H3,(H,30,31). The van der Waals surface area contributed by atoms with Gasteiger partial charge in [0.05, 0.1) is 6.10 Å². The van der Waals surface area contributed by atoms with Crippen LogP contribution in [0.5, 0.6) is 0 Å². The highest BCUT2D eigenvalue weighted by molar-refractivity contribution is 5.97. The van der Waals surface area contributed by atoms with Crippen LogP contribution in [-0.2, 0) is 13.1 Å². The number of rotatable bonds is 6. The van der Waals surface area contributed by atoms with Gasteiger partial charge in [0, 0.05) is 48.0 Å². The lowest BCUT2D eigenvalue weighted by Gasteiger charge is -2.29. The van der Waals surface area contributed by atoms with E-state index in [2.05, 4.69) is 45.1 Å². The van der Waals surface area contributed by atoms with E-state index in [-0.39, 0.29) is 11.9 Å². The first-order chi connectivity index (χ1) is 16.5. The molecule has 5 rings (SSSR count). The van der Waals surface area contributed by atoms with Crippen LogP contribution in [0.1, 0.15) is 24.1 Å². The third kappa shape index (κ3) is 4.89. The number of hydrogen-bond donors (Lipinski definition) is 2. The molecule has 0 aliphatic carbocycles. The molecule has 6 heteroatoms. The highest BCUT2D eigenvalue weighted by Crippen LogP contribution is 2.35. The Hall–Kier alpha value is -3.06. The number of pyridine rings is 1. The second-order valence-corrected chi connectivity index (χ2v) is 9.57. The first kappa shape index (κ1) is 22.7. The van der Waals surface area contributed by atoms with Gasteiger partial charge in [-0.3, -0.25) is 4.90 Å². The van der Waals surface area contributed by atoms with Crippen LogP contribution < -0.4 is 0 Å². The molecule has 1 aliphatic heterocycles. The minimum absolute atomic E-state index is 0.211. The zero-order valence-electron chi connectivity index (χ0n) is 19.8. The van der Waals surface area contributed by atoms with Gasteiger partial charge in [-0.15, -0.1) is 0 Å². The molecule has 1 saturated heterocycles. The summed E-state index contributed by atoms with van der Waals surface area (Å²) in [5.41, 5.74) is 7.04. The van der Waals surface area contributed by atoms with Crippen LogP contribution in [0.3, 0.4) is 0 Å². The zero-order valence-corrected chi connectivity index (χ0v) is 19.8. The molecule has 1 unspecified atom stereocenters. The Labute approximate surface area is 199 Å². The summed E-state index contributed by atoms with van der Waals surface area (Å²) in [7, 11) is 4.04. The van der Waals surface area contributed by atoms with E-state index in [0.29, 0.717) is 6.54 Å². The predicted octanol–water partition coefficient (Wildman–Crippen LogP) is 5.05. The van der Waals surface area contributed by atoms with Crippen molar-refractivity contribution < 1.29 is 9.50 Å². The summed E-state index contributed by atoms with van der Waals surface area (Å²) in [6.45, 7) is 3.33. The minimum atomic E-state index is -0.247. The monoisotopic (exact) mass is 458 g/mol. The summed E-state index contributed by atoms with van der Waals surface area (Å²) in [4.78, 5) is 12.6. The quantitative estimate of drug-likeness (QED) is 0.424. The Morgan fingerprint density at radius 1 is 1.09 bits per heavy atom. The smallest absolute Gasteiger partial charge is 0.138 e. The largest absolute Gasteiger partial charge is 0.392 e. The minimum Gasteiger partial charge on any atom is -0.392 e. The van der Waals surface area contributed by atoms with E-state index in [4.69, 9.17) is 4.98 Å². The van der Waals surface area contributed by atoms with Gasteiger partial charge in [-0.05, 0) is 68.4 Å². The van der Waals surface area contributed by atoms with Gasteiger partial charge in [0.1, 0.15) is 11.5 Å². The van der Waals surface area contributed by atoms with E-state index >= 15 is 0 Å². The molecular formula is C28H31FN4O. The highest BCUT2D eigenvalue weighted by atomic mass is 19.1. The third-order valence-corrected chi connectivity index (χ3v) is 6.49. The molecule has 2 aromatic heterocycles. The fraction of sp³-hybridized carbons (Fsp3) is 0.321. The summed E-state index contributed by atoms with van der Waals surface area (Å²) in [5, 5.41) is 10.9. The summed E-state index contributed by atoms with van der Waals surface area (Å²) in [6.07, 6.45) is 3.63. The van der Waals surface area contributed by atoms with Crippen molar-refractivity contribution >= 4 is 11.0 Å². The molecule has 2 aromatic carbocycles. The molecule has 176 valence electrons. The number of aliphatic hydroxyl groups excluding tert-OH is 1. The Morgan fingerprint density at radius 2 is 1.91 bits per heavy atom. The molecule has 0 saturated carbocycles. The summed E-state index contributed by atoms with van der Waals surface area (Å²) in [5.74, 6) is -0.247. The Morgan fingerprint density at radius 3 is 2.65 bits per heavy atom. The number of nitrogens with one attached hydrogen (secondary N) is 1. The number of aromatic amines is 1. The van der Waals surface area contributed by atoms with E-state index < -0.39 is 0 Å². The molecule has 0 spiro atoms. The van der Waals surface area contributed by atoms with Crippen molar-refractivity contribution in [1.29, 1.82) is 0 Å². The number of fused-ring (bicyclic) bond motifs is 1. The van der Waals surface area contributed by atoms with Crippen LogP contribution >= 0.6 is 0 Å². The van der Waals surface area contributed by atoms with Crippen molar-refractivity contribution in [3.8, 4) is 22.3 Å². The lowest BCUT2D eigenvalue weighted by Crippen LogP contribution is -2.37. The molecule has 0 amide bonds. The van der Waals surface area contributed by atoms with Gasteiger partial charge in [-0.2, -0.15) is 0 Å². The van der Waals surface area contributed by atoms with Crippen LogP contribution in [0.4, 0.5) is 4.39 Å². The van der Waals surface area contributed by atoms with E-state index in [1.165, 1.54) is 11.6 Å². The molecule has 2 N–H and O–H groups in total. The lowest BCUT2D eigenvalue weighted by molar-refractivity contribution is 0.0668. The SMILES string of the molecule is CN(C)Cc1[nH]c2ncc(-c3ccc(CN4CCCC(O)C4)cc3)cc2c1-c1cccc(F)c1. The maximum atomic E-state index is 14.1. The van der Waals surface area contributed by atoms with Gasteiger partial charge in [0.25, 0.3) is 0 Å². The third-order valence-electron chi connectivity index (χ3n) is 6.49. The molecule has 4 aromatic rings. The Kier molecular flexibility index (Phi) is 6.46. The molecule has 3 heterocycles. The van der Waals surface area contributed by atoms with Gasteiger partial charge in [-0.1, -0.05) is 36.4 Å². The van der Waals surface area contributed by atoms with Crippen LogP contribution in [0.25, 0.3) is 33.3 Å². The van der Waals surface area contributed by atoms with Gasteiger partial charge in [0.15, 0.2) is 0 Å². The van der Waals surface area contributed by atoms with Crippen LogP contribution in [0.15, 0.2) is 60.8 Å². The molecular weight excluding hydrogens is 427 g/mol. The van der Waals surface area contributed by atoms with Gasteiger partial charge in [0.2, 0.25) is 0 Å². The number of nitrogens with zero attached hydrogens (tertiary/aromatic N) is 3. The van der Waals surface area contributed by atoms with E-state index in [1.807, 2.05) is 26.4 Å². The van der Waals surface area contributed by atoms with Gasteiger partial charge < -0.3 is 15.0 Å². The average molecular weight is 459 g/mol. The van der Waals surface area contributed by atoms with Crippen molar-refractivity contribution in [1.82, 2.24) is 19.8 Å². The number of benzene rings is 2. The van der Waals surface area contributed by atoms with E-state index in [9.17, 15) is 9.50 Å². The second-order valence-electron chi connectivity index (χ2n) is 9.57. The van der Waals surface area contributed by atoms with Crippen LogP contribution in [0.2, 0.25) is 0 Å². The second kappa shape index (κ2) is 9.66. The average Bonchev–Trinajstić information content (AvgIpc) is 3.16. The normalized spacial score (nSPS) is 17.0. The number of β-amino-alcohol motifs (C(OH)–C–C–N with tert-alkyl or cyclic N) is 1. The van der Waals surface area contributed by atoms with Crippen LogP contribution in [0, 0.1) is 5.82 Å². The predicted molar refractivity (Wildman–Crippen MR) is 135 cm³/mol. The molecule has 1 aliphatic rings. The van der Waals surface area contributed by atoms with E-state index in [1.54, 1.807) is 12.1 Å². The first-order valence-electron chi connectivity index (χ1n) is 11.9. The van der Waals surface area contributed by atoms with Crippen molar-refractivity contribution in [2.75, 3.05) is 27.2 Å². The number of hydrogen-bond acceptors (Lipinski definition) is 4. The molecule has 1 fully saturated rings. The first-order valence-corrected chi connectivity index (χ1v) is 11.9. The number of likely N-dealkylation sites (tertiary alicyclic amines) is 1. The summed E-state index contributed by atoms with van der Waals surface area (Å²) < 4.78 is 14.1.